The van der Waals surface area contributed by atoms with Crippen LogP contribution in [0.2, 0.25) is 0 Å². The SMILES string of the molecule is CCCCNC(=O)c1nn(C(C)C)c(=O)c2ccccc12. The molecule has 0 fully saturated rings. The Bertz CT molecular complexity index is 704. The highest BCUT2D eigenvalue weighted by Crippen LogP contribution is 2.14. The van der Waals surface area contributed by atoms with Crippen molar-refractivity contribution in [3.8, 4) is 0 Å². The van der Waals surface area contributed by atoms with E-state index in [1.165, 1.54) is 4.68 Å². The lowest BCUT2D eigenvalue weighted by Gasteiger charge is -2.13. The molecule has 112 valence electrons. The normalized spacial score (nSPS) is 11.0. The highest BCUT2D eigenvalue weighted by molar-refractivity contribution is 6.04. The summed E-state index contributed by atoms with van der Waals surface area (Å²) in [6, 6.07) is 7.02. The molecule has 1 aromatic heterocycles. The molecule has 1 heterocycles. The van der Waals surface area contributed by atoms with Gasteiger partial charge in [-0.25, -0.2) is 4.68 Å². The molecule has 0 aliphatic carbocycles. The van der Waals surface area contributed by atoms with E-state index in [1.807, 2.05) is 19.9 Å². The molecule has 0 atom stereocenters. The predicted octanol–water partition coefficient (Wildman–Crippen LogP) is 2.51. The van der Waals surface area contributed by atoms with Gasteiger partial charge >= 0.3 is 0 Å². The van der Waals surface area contributed by atoms with Gasteiger partial charge in [0.05, 0.1) is 11.4 Å². The van der Waals surface area contributed by atoms with Crippen LogP contribution >= 0.6 is 0 Å². The van der Waals surface area contributed by atoms with Gasteiger partial charge in [-0.05, 0) is 26.3 Å². The number of rotatable bonds is 5. The van der Waals surface area contributed by atoms with Crippen LogP contribution in [0.1, 0.15) is 50.1 Å². The van der Waals surface area contributed by atoms with E-state index < -0.39 is 0 Å². The van der Waals surface area contributed by atoms with Crippen molar-refractivity contribution in [1.29, 1.82) is 0 Å². The van der Waals surface area contributed by atoms with Crippen LogP contribution in [0.5, 0.6) is 0 Å². The zero-order valence-electron chi connectivity index (χ0n) is 12.7. The Kier molecular flexibility index (Phi) is 4.73. The lowest BCUT2D eigenvalue weighted by molar-refractivity contribution is 0.0947. The molecule has 1 N–H and O–H groups in total. The van der Waals surface area contributed by atoms with Crippen molar-refractivity contribution >= 4 is 16.7 Å². The molecule has 2 aromatic rings. The average Bonchev–Trinajstić information content (AvgIpc) is 2.47. The summed E-state index contributed by atoms with van der Waals surface area (Å²) in [6.07, 6.45) is 1.94. The van der Waals surface area contributed by atoms with Crippen molar-refractivity contribution in [2.75, 3.05) is 6.54 Å². The number of benzene rings is 1. The number of nitrogens with zero attached hydrogens (tertiary/aromatic N) is 2. The van der Waals surface area contributed by atoms with Crippen LogP contribution in [0.4, 0.5) is 0 Å². The molecule has 0 saturated carbocycles. The fraction of sp³-hybridized carbons (Fsp3) is 0.438. The minimum atomic E-state index is -0.228. The number of fused-ring (bicyclic) bond motifs is 1. The van der Waals surface area contributed by atoms with Crippen LogP contribution in [-0.2, 0) is 0 Å². The van der Waals surface area contributed by atoms with E-state index >= 15 is 0 Å². The summed E-state index contributed by atoms with van der Waals surface area (Å²) in [5.41, 5.74) is 0.153. The monoisotopic (exact) mass is 287 g/mol. The van der Waals surface area contributed by atoms with Crippen molar-refractivity contribution in [2.24, 2.45) is 0 Å². The van der Waals surface area contributed by atoms with E-state index in [0.717, 1.165) is 12.8 Å². The van der Waals surface area contributed by atoms with Crippen molar-refractivity contribution in [3.63, 3.8) is 0 Å². The Morgan fingerprint density at radius 1 is 1.29 bits per heavy atom. The summed E-state index contributed by atoms with van der Waals surface area (Å²) >= 11 is 0. The molecule has 0 saturated heterocycles. The number of aromatic nitrogens is 2. The number of unbranched alkanes of at least 4 members (excludes halogenated alkanes) is 1. The van der Waals surface area contributed by atoms with Crippen LogP contribution in [-0.4, -0.2) is 22.2 Å². The zero-order valence-corrected chi connectivity index (χ0v) is 12.7. The van der Waals surface area contributed by atoms with Crippen molar-refractivity contribution in [1.82, 2.24) is 15.1 Å². The fourth-order valence-corrected chi connectivity index (χ4v) is 2.19. The summed E-state index contributed by atoms with van der Waals surface area (Å²) < 4.78 is 1.37. The maximum Gasteiger partial charge on any atom is 0.274 e. The maximum atomic E-state index is 12.4. The lowest BCUT2D eigenvalue weighted by atomic mass is 10.1. The first-order valence-corrected chi connectivity index (χ1v) is 7.36. The first kappa shape index (κ1) is 15.2. The fourth-order valence-electron chi connectivity index (χ4n) is 2.19. The van der Waals surface area contributed by atoms with E-state index in [4.69, 9.17) is 0 Å². The standard InChI is InChI=1S/C16H21N3O2/c1-4-5-10-17-15(20)14-12-8-6-7-9-13(12)16(21)19(18-14)11(2)3/h6-9,11H,4-5,10H2,1-3H3,(H,17,20). The molecule has 1 aromatic carbocycles. The number of carbonyl (C=O) groups excluding carboxylic acids is 1. The van der Waals surface area contributed by atoms with Crippen molar-refractivity contribution in [2.45, 2.75) is 39.7 Å². The van der Waals surface area contributed by atoms with Crippen LogP contribution in [0, 0.1) is 0 Å². The summed E-state index contributed by atoms with van der Waals surface area (Å²) in [4.78, 5) is 24.7. The molecule has 2 rings (SSSR count). The molecule has 0 spiro atoms. The van der Waals surface area contributed by atoms with E-state index in [2.05, 4.69) is 17.3 Å². The van der Waals surface area contributed by atoms with Crippen molar-refractivity contribution in [3.05, 3.63) is 40.3 Å². The quantitative estimate of drug-likeness (QED) is 0.859. The number of nitrogens with one attached hydrogen (secondary N) is 1. The molecular weight excluding hydrogens is 266 g/mol. The van der Waals surface area contributed by atoms with E-state index in [0.29, 0.717) is 23.0 Å². The molecule has 5 nitrogen and oxygen atoms in total. The Morgan fingerprint density at radius 2 is 1.95 bits per heavy atom. The Morgan fingerprint density at radius 3 is 2.57 bits per heavy atom. The summed E-state index contributed by atoms with van der Waals surface area (Å²) in [5, 5.41) is 8.27. The van der Waals surface area contributed by atoms with Crippen LogP contribution in [0.3, 0.4) is 0 Å². The third-order valence-corrected chi connectivity index (χ3v) is 3.35. The minimum Gasteiger partial charge on any atom is -0.351 e. The number of carbonyl (C=O) groups is 1. The summed E-state index contributed by atoms with van der Waals surface area (Å²) in [7, 11) is 0. The third-order valence-electron chi connectivity index (χ3n) is 3.35. The first-order chi connectivity index (χ1) is 10.1. The smallest absolute Gasteiger partial charge is 0.274 e. The molecule has 0 radical (unpaired) electrons. The summed E-state index contributed by atoms with van der Waals surface area (Å²) in [5.74, 6) is -0.228. The zero-order chi connectivity index (χ0) is 15.4. The molecular formula is C16H21N3O2. The molecule has 21 heavy (non-hydrogen) atoms. The Balaban J connectivity index is 2.54. The highest BCUT2D eigenvalue weighted by Gasteiger charge is 2.17. The molecule has 5 heteroatoms. The van der Waals surface area contributed by atoms with Gasteiger partial charge in [-0.15, -0.1) is 0 Å². The van der Waals surface area contributed by atoms with Gasteiger partial charge in [0.15, 0.2) is 5.69 Å². The van der Waals surface area contributed by atoms with Crippen molar-refractivity contribution < 1.29 is 4.79 Å². The van der Waals surface area contributed by atoms with E-state index in [9.17, 15) is 9.59 Å². The molecule has 0 aliphatic rings. The van der Waals surface area contributed by atoms with Gasteiger partial charge in [0.25, 0.3) is 11.5 Å². The maximum absolute atomic E-state index is 12.4. The molecule has 1 amide bonds. The van der Waals surface area contributed by atoms with E-state index in [-0.39, 0.29) is 17.5 Å². The van der Waals surface area contributed by atoms with Gasteiger partial charge in [0.2, 0.25) is 0 Å². The Labute approximate surface area is 124 Å². The van der Waals surface area contributed by atoms with Gasteiger partial charge in [0, 0.05) is 11.9 Å². The van der Waals surface area contributed by atoms with Gasteiger partial charge in [-0.3, -0.25) is 9.59 Å². The topological polar surface area (TPSA) is 64.0 Å². The highest BCUT2D eigenvalue weighted by atomic mass is 16.2. The minimum absolute atomic E-state index is 0.0932. The molecule has 0 aliphatic heterocycles. The lowest BCUT2D eigenvalue weighted by Crippen LogP contribution is -2.31. The first-order valence-electron chi connectivity index (χ1n) is 7.36. The second-order valence-electron chi connectivity index (χ2n) is 5.35. The van der Waals surface area contributed by atoms with Crippen LogP contribution in [0.25, 0.3) is 10.8 Å². The molecule has 0 unspecified atom stereocenters. The number of amides is 1. The van der Waals surface area contributed by atoms with E-state index in [1.54, 1.807) is 18.2 Å². The molecule has 0 bridgehead atoms. The second-order valence-corrected chi connectivity index (χ2v) is 5.35. The van der Waals surface area contributed by atoms with Gasteiger partial charge in [0.1, 0.15) is 0 Å². The van der Waals surface area contributed by atoms with Crippen LogP contribution in [0.15, 0.2) is 29.1 Å². The largest absolute Gasteiger partial charge is 0.351 e. The average molecular weight is 287 g/mol. The Hall–Kier alpha value is -2.17. The van der Waals surface area contributed by atoms with Crippen LogP contribution < -0.4 is 10.9 Å². The van der Waals surface area contributed by atoms with Gasteiger partial charge < -0.3 is 5.32 Å². The predicted molar refractivity (Wildman–Crippen MR) is 83.6 cm³/mol. The second kappa shape index (κ2) is 6.52. The third kappa shape index (κ3) is 3.12. The summed E-state index contributed by atoms with van der Waals surface area (Å²) in [6.45, 7) is 6.44. The van der Waals surface area contributed by atoms with Gasteiger partial charge in [-0.2, -0.15) is 5.10 Å². The number of hydrogen-bond donors (Lipinski definition) is 1. The van der Waals surface area contributed by atoms with Gasteiger partial charge in [-0.1, -0.05) is 31.5 Å². The number of hydrogen-bond acceptors (Lipinski definition) is 3.